The molecule has 1 heterocycles. The average molecular weight is 457 g/mol. The number of hydrazine groups is 1. The third-order valence-electron chi connectivity index (χ3n) is 5.70. The Bertz CT molecular complexity index is 884. The van der Waals surface area contributed by atoms with E-state index < -0.39 is 0 Å². The normalized spacial score (nSPS) is 14.7. The summed E-state index contributed by atoms with van der Waals surface area (Å²) < 4.78 is 16.2. The molecule has 8 heteroatoms. The molecule has 1 aliphatic heterocycles. The summed E-state index contributed by atoms with van der Waals surface area (Å²) >= 11 is 0. The van der Waals surface area contributed by atoms with Crippen molar-refractivity contribution < 1.29 is 19.0 Å². The largest absolute Gasteiger partial charge is 0.493 e. The van der Waals surface area contributed by atoms with Gasteiger partial charge in [0.25, 0.3) is 5.91 Å². The number of hydrogen-bond donors (Lipinski definition) is 3. The number of piperidine rings is 1. The Morgan fingerprint density at radius 3 is 2.09 bits per heavy atom. The van der Waals surface area contributed by atoms with E-state index in [4.69, 9.17) is 14.2 Å². The zero-order chi connectivity index (χ0) is 23.8. The van der Waals surface area contributed by atoms with Crippen LogP contribution in [0.2, 0.25) is 0 Å². The molecule has 0 saturated carbocycles. The van der Waals surface area contributed by atoms with Crippen LogP contribution in [0.15, 0.2) is 36.4 Å². The fraction of sp³-hybridized carbons (Fsp3) is 0.480. The van der Waals surface area contributed by atoms with Gasteiger partial charge in [-0.25, -0.2) is 5.43 Å². The van der Waals surface area contributed by atoms with E-state index in [0.29, 0.717) is 34.8 Å². The first-order valence-corrected chi connectivity index (χ1v) is 11.4. The van der Waals surface area contributed by atoms with Gasteiger partial charge in [0.2, 0.25) is 5.75 Å². The van der Waals surface area contributed by atoms with Crippen LogP contribution in [-0.2, 0) is 0 Å². The third-order valence-corrected chi connectivity index (χ3v) is 5.70. The van der Waals surface area contributed by atoms with Crippen LogP contribution in [0.4, 0.5) is 11.4 Å². The van der Waals surface area contributed by atoms with Gasteiger partial charge in [-0.15, -0.1) is 0 Å². The van der Waals surface area contributed by atoms with Crippen LogP contribution < -0.4 is 30.4 Å². The van der Waals surface area contributed by atoms with E-state index in [1.165, 1.54) is 0 Å². The van der Waals surface area contributed by atoms with Crippen molar-refractivity contribution in [1.29, 1.82) is 0 Å². The highest BCUT2D eigenvalue weighted by atomic mass is 16.5. The Kier molecular flexibility index (Phi) is 8.79. The third kappa shape index (κ3) is 6.76. The summed E-state index contributed by atoms with van der Waals surface area (Å²) in [4.78, 5) is 15.0. The minimum atomic E-state index is -0.140. The van der Waals surface area contributed by atoms with Gasteiger partial charge < -0.3 is 24.4 Å². The van der Waals surface area contributed by atoms with E-state index >= 15 is 0 Å². The molecule has 3 N–H and O–H groups in total. The van der Waals surface area contributed by atoms with E-state index in [2.05, 4.69) is 34.9 Å². The van der Waals surface area contributed by atoms with Crippen molar-refractivity contribution in [3.05, 3.63) is 42.0 Å². The Morgan fingerprint density at radius 2 is 1.58 bits per heavy atom. The molecule has 1 fully saturated rings. The SMILES string of the molecule is COc1cc(Nc2ccc(C(=O)NNC3CCN(CC(C)C)CC3)cc2)cc(OC)c1OC. The number of benzene rings is 2. The topological polar surface area (TPSA) is 84.1 Å². The molecule has 0 aromatic heterocycles. The van der Waals surface area contributed by atoms with Gasteiger partial charge in [0.15, 0.2) is 11.5 Å². The van der Waals surface area contributed by atoms with Crippen LogP contribution in [0.3, 0.4) is 0 Å². The van der Waals surface area contributed by atoms with Crippen LogP contribution in [0.25, 0.3) is 0 Å². The highest BCUT2D eigenvalue weighted by molar-refractivity contribution is 5.94. The molecular weight excluding hydrogens is 420 g/mol. The molecule has 8 nitrogen and oxygen atoms in total. The molecule has 0 radical (unpaired) electrons. The second kappa shape index (κ2) is 11.8. The number of hydrogen-bond acceptors (Lipinski definition) is 7. The number of carbonyl (C=O) groups excluding carboxylic acids is 1. The van der Waals surface area contributed by atoms with Crippen molar-refractivity contribution in [2.75, 3.05) is 46.3 Å². The van der Waals surface area contributed by atoms with E-state index in [9.17, 15) is 4.79 Å². The molecule has 0 bridgehead atoms. The van der Waals surface area contributed by atoms with Gasteiger partial charge in [-0.3, -0.25) is 10.2 Å². The predicted molar refractivity (Wildman–Crippen MR) is 131 cm³/mol. The van der Waals surface area contributed by atoms with E-state index in [1.807, 2.05) is 24.3 Å². The summed E-state index contributed by atoms with van der Waals surface area (Å²) in [6.45, 7) is 7.75. The summed E-state index contributed by atoms with van der Waals surface area (Å²) in [6.07, 6.45) is 2.06. The van der Waals surface area contributed by atoms with Gasteiger partial charge in [-0.05, 0) is 56.1 Å². The molecule has 1 saturated heterocycles. The summed E-state index contributed by atoms with van der Waals surface area (Å²) in [6, 6.07) is 11.3. The standard InChI is InChI=1S/C25H36N4O4/c1-17(2)16-29-12-10-20(11-13-29)27-28-25(30)18-6-8-19(9-7-18)26-21-14-22(31-3)24(33-5)23(15-21)32-4/h6-9,14-15,17,20,26-27H,10-13,16H2,1-5H3,(H,28,30). The summed E-state index contributed by atoms with van der Waals surface area (Å²) in [5.41, 5.74) is 8.28. The van der Waals surface area contributed by atoms with Crippen LogP contribution in [0.5, 0.6) is 17.2 Å². The van der Waals surface area contributed by atoms with Crippen LogP contribution >= 0.6 is 0 Å². The number of ether oxygens (including phenoxy) is 3. The maximum atomic E-state index is 12.6. The summed E-state index contributed by atoms with van der Waals surface area (Å²) in [7, 11) is 4.73. The Morgan fingerprint density at radius 1 is 0.970 bits per heavy atom. The first-order chi connectivity index (χ1) is 15.9. The molecular formula is C25H36N4O4. The molecule has 1 aliphatic rings. The molecule has 0 unspecified atom stereocenters. The van der Waals surface area contributed by atoms with Crippen molar-refractivity contribution >= 4 is 17.3 Å². The van der Waals surface area contributed by atoms with Gasteiger partial charge in [-0.2, -0.15) is 0 Å². The van der Waals surface area contributed by atoms with Gasteiger partial charge >= 0.3 is 0 Å². The maximum absolute atomic E-state index is 12.6. The van der Waals surface area contributed by atoms with Gasteiger partial charge in [0.05, 0.1) is 21.3 Å². The average Bonchev–Trinajstić information content (AvgIpc) is 2.82. The number of rotatable bonds is 10. The van der Waals surface area contributed by atoms with E-state index in [-0.39, 0.29) is 5.91 Å². The summed E-state index contributed by atoms with van der Waals surface area (Å²) in [5.74, 6) is 2.21. The summed E-state index contributed by atoms with van der Waals surface area (Å²) in [5, 5.41) is 3.30. The molecule has 0 atom stereocenters. The lowest BCUT2D eigenvalue weighted by molar-refractivity contribution is 0.0909. The lowest BCUT2D eigenvalue weighted by Crippen LogP contribution is -2.50. The minimum absolute atomic E-state index is 0.140. The molecule has 0 aliphatic carbocycles. The number of likely N-dealkylation sites (tertiary alicyclic amines) is 1. The molecule has 180 valence electrons. The van der Waals surface area contributed by atoms with Crippen molar-refractivity contribution in [3.8, 4) is 17.2 Å². The predicted octanol–water partition coefficient (Wildman–Crippen LogP) is 3.81. The molecule has 2 aromatic rings. The molecule has 1 amide bonds. The number of nitrogens with zero attached hydrogens (tertiary/aromatic N) is 1. The highest BCUT2D eigenvalue weighted by Crippen LogP contribution is 2.40. The smallest absolute Gasteiger partial charge is 0.265 e. The van der Waals surface area contributed by atoms with Gasteiger partial charge in [0.1, 0.15) is 0 Å². The van der Waals surface area contributed by atoms with Crippen LogP contribution in [-0.4, -0.2) is 57.8 Å². The second-order valence-corrected chi connectivity index (χ2v) is 8.68. The van der Waals surface area contributed by atoms with Crippen molar-refractivity contribution in [3.63, 3.8) is 0 Å². The number of nitrogens with one attached hydrogen (secondary N) is 3. The lowest BCUT2D eigenvalue weighted by atomic mass is 10.0. The first kappa shape index (κ1) is 24.7. The second-order valence-electron chi connectivity index (χ2n) is 8.68. The zero-order valence-electron chi connectivity index (χ0n) is 20.2. The number of methoxy groups -OCH3 is 3. The fourth-order valence-corrected chi connectivity index (χ4v) is 4.04. The monoisotopic (exact) mass is 456 g/mol. The van der Waals surface area contributed by atoms with Crippen LogP contribution in [0.1, 0.15) is 37.0 Å². The van der Waals surface area contributed by atoms with Crippen LogP contribution in [0, 0.1) is 5.92 Å². The Balaban J connectivity index is 1.53. The van der Waals surface area contributed by atoms with Crippen molar-refractivity contribution in [2.24, 2.45) is 5.92 Å². The number of anilines is 2. The Labute approximate surface area is 196 Å². The van der Waals surface area contributed by atoms with Crippen molar-refractivity contribution in [2.45, 2.75) is 32.7 Å². The number of carbonyl (C=O) groups is 1. The zero-order valence-corrected chi connectivity index (χ0v) is 20.2. The molecule has 2 aromatic carbocycles. The van der Waals surface area contributed by atoms with Gasteiger partial charge in [-0.1, -0.05) is 13.8 Å². The first-order valence-electron chi connectivity index (χ1n) is 11.4. The van der Waals surface area contributed by atoms with E-state index in [1.54, 1.807) is 33.5 Å². The number of amides is 1. The Hall–Kier alpha value is -2.97. The lowest BCUT2D eigenvalue weighted by Gasteiger charge is -2.33. The van der Waals surface area contributed by atoms with Gasteiger partial charge in [0, 0.05) is 41.7 Å². The quantitative estimate of drug-likeness (QED) is 0.469. The minimum Gasteiger partial charge on any atom is -0.493 e. The molecule has 3 rings (SSSR count). The molecule has 0 spiro atoms. The van der Waals surface area contributed by atoms with E-state index in [0.717, 1.165) is 43.9 Å². The highest BCUT2D eigenvalue weighted by Gasteiger charge is 2.20. The molecule has 33 heavy (non-hydrogen) atoms. The fourth-order valence-electron chi connectivity index (χ4n) is 4.04. The maximum Gasteiger partial charge on any atom is 0.265 e. The van der Waals surface area contributed by atoms with Crippen molar-refractivity contribution in [1.82, 2.24) is 15.8 Å².